The van der Waals surface area contributed by atoms with Crippen LogP contribution in [0.5, 0.6) is 0 Å². The second-order valence-corrected chi connectivity index (χ2v) is 31.2. The van der Waals surface area contributed by atoms with E-state index in [2.05, 4.69) is 419 Å². The predicted molar refractivity (Wildman–Crippen MR) is 519 cm³/mol. The van der Waals surface area contributed by atoms with Crippen molar-refractivity contribution in [3.8, 4) is 146 Å². The molecule has 0 N–H and O–H groups in total. The molecule has 0 aliphatic heterocycles. The van der Waals surface area contributed by atoms with E-state index in [1.165, 1.54) is 103 Å². The van der Waals surface area contributed by atoms with Gasteiger partial charge in [0.1, 0.15) is 0 Å². The quantitative estimate of drug-likeness (QED) is 0.107. The molecule has 0 atom stereocenters. The van der Waals surface area contributed by atoms with Gasteiger partial charge in [-0.3, -0.25) is 0 Å². The number of benzene rings is 20. The summed E-state index contributed by atoms with van der Waals surface area (Å²) in [5.41, 5.74) is 24.3. The Morgan fingerprint density at radius 3 is 0.944 bits per heavy atom. The fraction of sp³-hybridized carbons (Fsp3) is 0. The summed E-state index contributed by atoms with van der Waals surface area (Å²) < 4.78 is 0. The highest BCUT2D eigenvalue weighted by atomic mass is 14.9. The van der Waals surface area contributed by atoms with E-state index < -0.39 is 0 Å². The molecule has 0 unspecified atom stereocenters. The zero-order valence-corrected chi connectivity index (χ0v) is 67.7. The maximum atomic E-state index is 5.26. The third-order valence-electron chi connectivity index (χ3n) is 23.4. The lowest BCUT2D eigenvalue weighted by Gasteiger charge is -2.14. The van der Waals surface area contributed by atoms with Crippen molar-refractivity contribution in [2.75, 3.05) is 0 Å². The highest BCUT2D eigenvalue weighted by molar-refractivity contribution is 6.15. The highest BCUT2D eigenvalue weighted by Gasteiger charge is 2.20. The van der Waals surface area contributed by atoms with Crippen molar-refractivity contribution in [1.29, 1.82) is 0 Å². The molecule has 23 aromatic rings. The lowest BCUT2D eigenvalue weighted by atomic mass is 9.92. The molecule has 0 saturated carbocycles. The van der Waals surface area contributed by atoms with Crippen molar-refractivity contribution in [2.45, 2.75) is 0 Å². The third-order valence-corrected chi connectivity index (χ3v) is 23.4. The van der Waals surface area contributed by atoms with Gasteiger partial charge in [-0.25, -0.2) is 29.9 Å². The van der Waals surface area contributed by atoms with Gasteiger partial charge in [-0.2, -0.15) is 0 Å². The first-order valence-electron chi connectivity index (χ1n) is 42.0. The molecule has 6 nitrogen and oxygen atoms in total. The van der Waals surface area contributed by atoms with Crippen LogP contribution in [0.25, 0.3) is 222 Å². The van der Waals surface area contributed by atoms with Crippen molar-refractivity contribution in [2.24, 2.45) is 0 Å². The number of hydrogen-bond acceptors (Lipinski definition) is 6. The van der Waals surface area contributed by atoms with Crippen molar-refractivity contribution in [3.05, 3.63) is 473 Å². The molecule has 3 aromatic heterocycles. The number of hydrogen-bond donors (Lipinski definition) is 0. The van der Waals surface area contributed by atoms with Crippen LogP contribution in [0, 0.1) is 0 Å². The van der Waals surface area contributed by atoms with Gasteiger partial charge in [-0.05, 0) is 175 Å². The van der Waals surface area contributed by atoms with Crippen molar-refractivity contribution < 1.29 is 0 Å². The van der Waals surface area contributed by atoms with Crippen molar-refractivity contribution in [1.82, 2.24) is 29.9 Å². The van der Waals surface area contributed by atoms with Gasteiger partial charge in [-0.1, -0.05) is 419 Å². The maximum absolute atomic E-state index is 5.26. The SMILES string of the molecule is c1ccc(-c2cc(-c3cccc(-c4cc5ccccc5c5ccccc45)c3)nc(-c3ccccc3)n2)cc1.c1ccc(-c2ccc(-c3cc(-c4cccc5ccccc45)nc(-c4cc5ccccc5c5ccccc45)n3)cc2)cc1.c1ccc(-c2cccc(-c3cc(-c4ccc5c(ccc6ccccc65)c4)nc(-c4cccc(-c5ccccc5)c4)n3)c2)cc1. The van der Waals surface area contributed by atoms with E-state index in [1.54, 1.807) is 0 Å². The molecule has 0 fully saturated rings. The molecule has 580 valence electrons. The molecular formula is C118H78N6. The average molecular weight is 1580 g/mol. The van der Waals surface area contributed by atoms with E-state index in [0.29, 0.717) is 5.82 Å². The number of aromatic nitrogens is 6. The molecule has 20 aromatic carbocycles. The molecular weight excluding hydrogens is 1500 g/mol. The largest absolute Gasteiger partial charge is 0.228 e. The Morgan fingerprint density at radius 2 is 0.387 bits per heavy atom. The van der Waals surface area contributed by atoms with Crippen LogP contribution in [0.4, 0.5) is 0 Å². The van der Waals surface area contributed by atoms with Crippen LogP contribution in [-0.4, -0.2) is 29.9 Å². The Bertz CT molecular complexity index is 7730. The molecule has 0 bridgehead atoms. The van der Waals surface area contributed by atoms with Gasteiger partial charge in [-0.15, -0.1) is 0 Å². The average Bonchev–Trinajstić information content (AvgIpc) is 0.761. The Kier molecular flexibility index (Phi) is 20.4. The van der Waals surface area contributed by atoms with Crippen LogP contribution in [0.1, 0.15) is 0 Å². The van der Waals surface area contributed by atoms with Gasteiger partial charge in [0.2, 0.25) is 0 Å². The van der Waals surface area contributed by atoms with Crippen LogP contribution in [-0.2, 0) is 0 Å². The topological polar surface area (TPSA) is 77.3 Å². The Hall–Kier alpha value is -16.5. The van der Waals surface area contributed by atoms with Gasteiger partial charge >= 0.3 is 0 Å². The number of rotatable bonds is 13. The second kappa shape index (κ2) is 33.7. The molecule has 6 heteroatoms. The Balaban J connectivity index is 0.000000114. The zero-order chi connectivity index (χ0) is 82.5. The normalized spacial score (nSPS) is 11.2. The van der Waals surface area contributed by atoms with Gasteiger partial charge in [0.05, 0.1) is 34.2 Å². The van der Waals surface area contributed by atoms with Crippen molar-refractivity contribution in [3.63, 3.8) is 0 Å². The van der Waals surface area contributed by atoms with Gasteiger partial charge in [0.15, 0.2) is 17.5 Å². The molecule has 0 saturated heterocycles. The lowest BCUT2D eigenvalue weighted by Crippen LogP contribution is -1.97. The number of fused-ring (bicyclic) bond motifs is 10. The van der Waals surface area contributed by atoms with E-state index in [9.17, 15) is 0 Å². The molecule has 124 heavy (non-hydrogen) atoms. The summed E-state index contributed by atoms with van der Waals surface area (Å²) in [5.74, 6) is 2.16. The molecule has 0 amide bonds. The zero-order valence-electron chi connectivity index (χ0n) is 67.7. The molecule has 0 aliphatic rings. The van der Waals surface area contributed by atoms with E-state index in [1.807, 2.05) is 54.6 Å². The third kappa shape index (κ3) is 15.4. The maximum Gasteiger partial charge on any atom is 0.161 e. The van der Waals surface area contributed by atoms with Gasteiger partial charge in [0, 0.05) is 50.1 Å². The summed E-state index contributed by atoms with van der Waals surface area (Å²) in [6.45, 7) is 0. The monoisotopic (exact) mass is 1580 g/mol. The van der Waals surface area contributed by atoms with Crippen LogP contribution >= 0.6 is 0 Å². The van der Waals surface area contributed by atoms with E-state index >= 15 is 0 Å². The molecule has 0 spiro atoms. The van der Waals surface area contributed by atoms with E-state index in [-0.39, 0.29) is 0 Å². The lowest BCUT2D eigenvalue weighted by molar-refractivity contribution is 1.18. The second-order valence-electron chi connectivity index (χ2n) is 31.2. The number of nitrogens with zero attached hydrogens (tertiary/aromatic N) is 6. The fourth-order valence-corrected chi connectivity index (χ4v) is 17.2. The summed E-state index contributed by atoms with van der Waals surface area (Å²) in [7, 11) is 0. The summed E-state index contributed by atoms with van der Waals surface area (Å²) in [4.78, 5) is 30.8. The Morgan fingerprint density at radius 1 is 0.105 bits per heavy atom. The van der Waals surface area contributed by atoms with Crippen LogP contribution in [0.2, 0.25) is 0 Å². The van der Waals surface area contributed by atoms with E-state index in [0.717, 1.165) is 112 Å². The molecule has 0 radical (unpaired) electrons. The van der Waals surface area contributed by atoms with Crippen LogP contribution < -0.4 is 0 Å². The smallest absolute Gasteiger partial charge is 0.161 e. The first-order chi connectivity index (χ1) is 61.4. The Labute approximate surface area is 719 Å². The van der Waals surface area contributed by atoms with Gasteiger partial charge < -0.3 is 0 Å². The fourth-order valence-electron chi connectivity index (χ4n) is 17.2. The van der Waals surface area contributed by atoms with E-state index in [4.69, 9.17) is 29.9 Å². The summed E-state index contributed by atoms with van der Waals surface area (Å²) >= 11 is 0. The summed E-state index contributed by atoms with van der Waals surface area (Å²) in [6.07, 6.45) is 0. The summed E-state index contributed by atoms with van der Waals surface area (Å²) in [6, 6.07) is 166. The minimum atomic E-state index is 0.707. The molecule has 0 aliphatic carbocycles. The van der Waals surface area contributed by atoms with Crippen molar-refractivity contribution >= 4 is 75.4 Å². The minimum absolute atomic E-state index is 0.707. The minimum Gasteiger partial charge on any atom is -0.228 e. The van der Waals surface area contributed by atoms with Crippen LogP contribution in [0.3, 0.4) is 0 Å². The van der Waals surface area contributed by atoms with Crippen LogP contribution in [0.15, 0.2) is 473 Å². The van der Waals surface area contributed by atoms with Gasteiger partial charge in [0.25, 0.3) is 0 Å². The predicted octanol–water partition coefficient (Wildman–Crippen LogP) is 31.2. The molecule has 3 heterocycles. The highest BCUT2D eigenvalue weighted by Crippen LogP contribution is 2.42. The first-order valence-corrected chi connectivity index (χ1v) is 42.0. The standard InChI is InChI=1S/C42H28N2.C40H26N2.C36H24N2/c1-3-11-29(12-4-1)32-16-9-18-35(25-32)40-28-41(36-23-24-39-34(27-36)22-21-31-15-7-8-20-38(31)39)44-42(43-40)37-19-10-17-33(26-37)30-13-5-2-6-14-30;1-2-11-27(12-3-1)28-21-23-30(24-22-28)38-26-39(36-20-10-15-29-13-4-6-16-32(29)36)42-40(41-38)37-25-31-14-5-7-17-33(31)34-18-8-9-19-35(34)37;1-3-12-25(13-4-1)34-24-35(38-36(37-34)26-14-5-2-6-15-26)29-18-11-17-27(22-29)33-23-28-16-7-8-19-30(28)31-20-9-10-21-32(31)33/h1-28H;1-26H;1-24H. The first kappa shape index (κ1) is 75.0. The summed E-state index contributed by atoms with van der Waals surface area (Å²) in [5, 5.41) is 17.1. The molecule has 23 rings (SSSR count).